The van der Waals surface area contributed by atoms with Crippen LogP contribution in [0.15, 0.2) is 47.4 Å². The van der Waals surface area contributed by atoms with Gasteiger partial charge < -0.3 is 19.7 Å². The molecule has 1 atom stereocenters. The number of hydrogen-bond donors (Lipinski definition) is 1. The summed E-state index contributed by atoms with van der Waals surface area (Å²) in [4.78, 5) is 14.3. The van der Waals surface area contributed by atoms with E-state index in [1.165, 1.54) is 24.1 Å². The molecule has 2 amide bonds. The zero-order valence-electron chi connectivity index (χ0n) is 15.5. The molecule has 0 aromatic heterocycles. The number of sulfone groups is 1. The number of ether oxygens (including phenoxy) is 2. The van der Waals surface area contributed by atoms with Gasteiger partial charge in [-0.2, -0.15) is 0 Å². The summed E-state index contributed by atoms with van der Waals surface area (Å²) >= 11 is 5.83. The van der Waals surface area contributed by atoms with Crippen LogP contribution in [0.1, 0.15) is 6.42 Å². The van der Waals surface area contributed by atoms with Gasteiger partial charge in [0.1, 0.15) is 11.5 Å². The number of nitrogens with zero attached hydrogens (tertiary/aromatic N) is 1. The highest BCUT2D eigenvalue weighted by atomic mass is 35.5. The standard InChI is InChI=1S/C19H21ClN2O5S/c1-26-14-5-8-17(18(11-14)27-2)21-19(23)22-10-9-16(12-22)28(24,25)15-6-3-13(20)4-7-15/h3-8,11,16H,9-10,12H2,1-2H3,(H,21,23). The molecule has 1 heterocycles. The van der Waals surface area contributed by atoms with Crippen LogP contribution in [0.2, 0.25) is 5.02 Å². The number of carbonyl (C=O) groups is 1. The van der Waals surface area contributed by atoms with Gasteiger partial charge in [-0.15, -0.1) is 0 Å². The molecular weight excluding hydrogens is 404 g/mol. The zero-order valence-corrected chi connectivity index (χ0v) is 17.1. The number of nitrogens with one attached hydrogen (secondary N) is 1. The van der Waals surface area contributed by atoms with Crippen LogP contribution in [0.4, 0.5) is 10.5 Å². The summed E-state index contributed by atoms with van der Waals surface area (Å²) in [6.07, 6.45) is 0.373. The monoisotopic (exact) mass is 424 g/mol. The number of benzene rings is 2. The Morgan fingerprint density at radius 3 is 2.50 bits per heavy atom. The van der Waals surface area contributed by atoms with Gasteiger partial charge in [0, 0.05) is 24.2 Å². The van der Waals surface area contributed by atoms with Crippen molar-refractivity contribution in [3.8, 4) is 11.5 Å². The Bertz CT molecular complexity index is 963. The van der Waals surface area contributed by atoms with Crippen molar-refractivity contribution < 1.29 is 22.7 Å². The molecule has 9 heteroatoms. The minimum atomic E-state index is -3.54. The number of urea groups is 1. The summed E-state index contributed by atoms with van der Waals surface area (Å²) in [7, 11) is -0.503. The molecule has 0 bridgehead atoms. The van der Waals surface area contributed by atoms with Gasteiger partial charge in [0.25, 0.3) is 0 Å². The summed E-state index contributed by atoms with van der Waals surface area (Å²) < 4.78 is 36.0. The largest absolute Gasteiger partial charge is 0.497 e. The van der Waals surface area contributed by atoms with E-state index < -0.39 is 15.1 Å². The van der Waals surface area contributed by atoms with Crippen molar-refractivity contribution in [3.63, 3.8) is 0 Å². The number of hydrogen-bond acceptors (Lipinski definition) is 5. The Morgan fingerprint density at radius 2 is 1.86 bits per heavy atom. The molecule has 1 unspecified atom stereocenters. The molecule has 150 valence electrons. The second-order valence-corrected chi connectivity index (χ2v) is 9.02. The Hall–Kier alpha value is -2.45. The summed E-state index contributed by atoms with van der Waals surface area (Å²) in [6, 6.07) is 10.7. The quantitative estimate of drug-likeness (QED) is 0.794. The number of carbonyl (C=O) groups excluding carboxylic acids is 1. The van der Waals surface area contributed by atoms with Crippen LogP contribution in [-0.2, 0) is 9.84 Å². The average molecular weight is 425 g/mol. The molecule has 1 aliphatic heterocycles. The van der Waals surface area contributed by atoms with E-state index in [1.807, 2.05) is 0 Å². The van der Waals surface area contributed by atoms with Crippen molar-refractivity contribution in [2.75, 3.05) is 32.6 Å². The third kappa shape index (κ3) is 4.18. The van der Waals surface area contributed by atoms with Crippen LogP contribution in [-0.4, -0.2) is 51.9 Å². The molecule has 1 N–H and O–H groups in total. The molecule has 28 heavy (non-hydrogen) atoms. The lowest BCUT2D eigenvalue weighted by Crippen LogP contribution is -2.35. The minimum Gasteiger partial charge on any atom is -0.497 e. The van der Waals surface area contributed by atoms with E-state index in [-0.39, 0.29) is 17.5 Å². The lowest BCUT2D eigenvalue weighted by molar-refractivity contribution is 0.222. The highest BCUT2D eigenvalue weighted by molar-refractivity contribution is 7.92. The summed E-state index contributed by atoms with van der Waals surface area (Å²) in [5.41, 5.74) is 0.484. The van der Waals surface area contributed by atoms with Crippen molar-refractivity contribution >= 4 is 33.2 Å². The van der Waals surface area contributed by atoms with Crippen LogP contribution >= 0.6 is 11.6 Å². The van der Waals surface area contributed by atoms with Gasteiger partial charge in [-0.3, -0.25) is 0 Å². The summed E-state index contributed by atoms with van der Waals surface area (Å²) in [6.45, 7) is 0.469. The molecule has 3 rings (SSSR count). The van der Waals surface area contributed by atoms with Crippen LogP contribution < -0.4 is 14.8 Å². The fraction of sp³-hybridized carbons (Fsp3) is 0.316. The van der Waals surface area contributed by atoms with Crippen LogP contribution in [0.5, 0.6) is 11.5 Å². The Balaban J connectivity index is 1.70. The van der Waals surface area contributed by atoms with Crippen molar-refractivity contribution in [1.82, 2.24) is 4.90 Å². The van der Waals surface area contributed by atoms with E-state index >= 15 is 0 Å². The molecule has 1 saturated heterocycles. The molecule has 0 aliphatic carbocycles. The first-order valence-corrected chi connectivity index (χ1v) is 10.5. The number of anilines is 1. The average Bonchev–Trinajstić information content (AvgIpc) is 3.20. The first kappa shape index (κ1) is 20.3. The van der Waals surface area contributed by atoms with Gasteiger partial charge in [-0.05, 0) is 42.8 Å². The predicted molar refractivity (Wildman–Crippen MR) is 107 cm³/mol. The maximum absolute atomic E-state index is 12.8. The van der Waals surface area contributed by atoms with Gasteiger partial charge in [0.05, 0.1) is 30.1 Å². The Labute approximate surface area is 169 Å². The molecule has 2 aromatic carbocycles. The second kappa shape index (κ2) is 8.28. The first-order valence-electron chi connectivity index (χ1n) is 8.62. The van der Waals surface area contributed by atoms with E-state index in [0.29, 0.717) is 35.2 Å². The number of rotatable bonds is 5. The third-order valence-corrected chi connectivity index (χ3v) is 7.11. The minimum absolute atomic E-state index is 0.120. The molecule has 0 saturated carbocycles. The summed E-state index contributed by atoms with van der Waals surface area (Å²) in [5, 5.41) is 2.58. The number of halogens is 1. The fourth-order valence-electron chi connectivity index (χ4n) is 3.08. The normalized spacial score (nSPS) is 16.7. The second-order valence-electron chi connectivity index (χ2n) is 6.35. The number of likely N-dealkylation sites (tertiary alicyclic amines) is 1. The Kier molecular flexibility index (Phi) is 6.00. The third-order valence-electron chi connectivity index (χ3n) is 4.66. The van der Waals surface area contributed by atoms with E-state index in [1.54, 1.807) is 37.4 Å². The SMILES string of the molecule is COc1ccc(NC(=O)N2CCC(S(=O)(=O)c3ccc(Cl)cc3)C2)c(OC)c1. The highest BCUT2D eigenvalue weighted by Gasteiger charge is 2.36. The molecule has 1 aliphatic rings. The van der Waals surface area contributed by atoms with E-state index in [0.717, 1.165) is 0 Å². The van der Waals surface area contributed by atoms with E-state index in [4.69, 9.17) is 21.1 Å². The van der Waals surface area contributed by atoms with E-state index in [9.17, 15) is 13.2 Å². The smallest absolute Gasteiger partial charge is 0.321 e. The first-order chi connectivity index (χ1) is 13.3. The summed E-state index contributed by atoms with van der Waals surface area (Å²) in [5.74, 6) is 1.06. The van der Waals surface area contributed by atoms with Crippen molar-refractivity contribution in [2.45, 2.75) is 16.6 Å². The molecule has 7 nitrogen and oxygen atoms in total. The molecule has 1 fully saturated rings. The van der Waals surface area contributed by atoms with Crippen LogP contribution in [0, 0.1) is 0 Å². The van der Waals surface area contributed by atoms with Crippen molar-refractivity contribution in [3.05, 3.63) is 47.5 Å². The number of methoxy groups -OCH3 is 2. The van der Waals surface area contributed by atoms with Crippen molar-refractivity contribution in [2.24, 2.45) is 0 Å². The molecule has 0 radical (unpaired) electrons. The van der Waals surface area contributed by atoms with Gasteiger partial charge >= 0.3 is 6.03 Å². The topological polar surface area (TPSA) is 84.9 Å². The van der Waals surface area contributed by atoms with Gasteiger partial charge in [-0.25, -0.2) is 13.2 Å². The molecular formula is C19H21ClN2O5S. The maximum Gasteiger partial charge on any atom is 0.321 e. The fourth-order valence-corrected chi connectivity index (χ4v) is 4.90. The molecule has 2 aromatic rings. The zero-order chi connectivity index (χ0) is 20.3. The Morgan fingerprint density at radius 1 is 1.14 bits per heavy atom. The number of amides is 2. The molecule has 0 spiro atoms. The van der Waals surface area contributed by atoms with Crippen molar-refractivity contribution in [1.29, 1.82) is 0 Å². The lowest BCUT2D eigenvalue weighted by atomic mass is 10.2. The predicted octanol–water partition coefficient (Wildman–Crippen LogP) is 3.44. The highest BCUT2D eigenvalue weighted by Crippen LogP contribution is 2.30. The van der Waals surface area contributed by atoms with Crippen LogP contribution in [0.25, 0.3) is 0 Å². The van der Waals surface area contributed by atoms with Gasteiger partial charge in [-0.1, -0.05) is 11.6 Å². The lowest BCUT2D eigenvalue weighted by Gasteiger charge is -2.19. The van der Waals surface area contributed by atoms with Gasteiger partial charge in [0.15, 0.2) is 9.84 Å². The van der Waals surface area contributed by atoms with E-state index in [2.05, 4.69) is 5.32 Å². The maximum atomic E-state index is 12.8. The van der Waals surface area contributed by atoms with Gasteiger partial charge in [0.2, 0.25) is 0 Å². The van der Waals surface area contributed by atoms with Crippen LogP contribution in [0.3, 0.4) is 0 Å².